The molecule has 0 bridgehead atoms. The predicted molar refractivity (Wildman–Crippen MR) is 82.4 cm³/mol. The summed E-state index contributed by atoms with van der Waals surface area (Å²) < 4.78 is 0. The third-order valence-electron chi connectivity index (χ3n) is 3.15. The number of benzene rings is 2. The van der Waals surface area contributed by atoms with Gasteiger partial charge in [-0.3, -0.25) is 4.79 Å². The minimum Gasteiger partial charge on any atom is -0.399 e. The number of amides is 1. The molecule has 2 rings (SSSR count). The molecule has 2 aromatic rings. The Morgan fingerprint density at radius 1 is 1.05 bits per heavy atom. The van der Waals surface area contributed by atoms with E-state index < -0.39 is 0 Å². The van der Waals surface area contributed by atoms with Crippen LogP contribution in [0.25, 0.3) is 0 Å². The Hall–Kier alpha value is -2.49. The van der Waals surface area contributed by atoms with Crippen molar-refractivity contribution < 1.29 is 4.79 Å². The number of nitrogens with zero attached hydrogens (tertiary/aromatic N) is 1. The van der Waals surface area contributed by atoms with Crippen molar-refractivity contribution in [1.82, 2.24) is 4.90 Å². The summed E-state index contributed by atoms with van der Waals surface area (Å²) in [6.45, 7) is 0.650. The highest BCUT2D eigenvalue weighted by Gasteiger charge is 2.12. The summed E-state index contributed by atoms with van der Waals surface area (Å²) in [5.41, 5.74) is 14.2. The smallest absolute Gasteiger partial charge is 0.253 e. The molecule has 0 saturated heterocycles. The van der Waals surface area contributed by atoms with Gasteiger partial charge in [-0.2, -0.15) is 0 Å². The molecule has 1 amide bonds. The van der Waals surface area contributed by atoms with Crippen molar-refractivity contribution in [3.05, 3.63) is 59.7 Å². The number of rotatable bonds is 4. The number of nitrogen functional groups attached to an aromatic ring is 2. The van der Waals surface area contributed by atoms with Gasteiger partial charge in [0.1, 0.15) is 0 Å². The van der Waals surface area contributed by atoms with E-state index in [2.05, 4.69) is 12.1 Å². The van der Waals surface area contributed by atoms with E-state index in [-0.39, 0.29) is 5.91 Å². The van der Waals surface area contributed by atoms with Gasteiger partial charge >= 0.3 is 0 Å². The molecule has 4 nitrogen and oxygen atoms in total. The largest absolute Gasteiger partial charge is 0.399 e. The maximum atomic E-state index is 12.3. The van der Waals surface area contributed by atoms with E-state index in [0.717, 1.165) is 6.42 Å². The van der Waals surface area contributed by atoms with E-state index in [1.807, 2.05) is 18.2 Å². The highest BCUT2D eigenvalue weighted by molar-refractivity contribution is 5.96. The van der Waals surface area contributed by atoms with E-state index in [0.29, 0.717) is 23.5 Å². The lowest BCUT2D eigenvalue weighted by molar-refractivity contribution is 0.0796. The molecule has 20 heavy (non-hydrogen) atoms. The zero-order valence-corrected chi connectivity index (χ0v) is 11.5. The molecule has 0 unspecified atom stereocenters. The van der Waals surface area contributed by atoms with Crippen LogP contribution >= 0.6 is 0 Å². The van der Waals surface area contributed by atoms with Gasteiger partial charge in [-0.25, -0.2) is 0 Å². The van der Waals surface area contributed by atoms with Crippen molar-refractivity contribution in [1.29, 1.82) is 0 Å². The normalized spacial score (nSPS) is 10.2. The van der Waals surface area contributed by atoms with Gasteiger partial charge in [0.15, 0.2) is 0 Å². The third kappa shape index (κ3) is 3.51. The van der Waals surface area contributed by atoms with Gasteiger partial charge < -0.3 is 16.4 Å². The van der Waals surface area contributed by atoms with Crippen molar-refractivity contribution in [2.75, 3.05) is 25.1 Å². The number of likely N-dealkylation sites (N-methyl/N-ethyl adjacent to an activating group) is 1. The molecule has 0 spiro atoms. The number of carbonyl (C=O) groups is 1. The Labute approximate surface area is 119 Å². The zero-order valence-electron chi connectivity index (χ0n) is 11.5. The Balaban J connectivity index is 2.01. The maximum Gasteiger partial charge on any atom is 0.253 e. The lowest BCUT2D eigenvalue weighted by Gasteiger charge is -2.17. The topological polar surface area (TPSA) is 72.3 Å². The molecule has 4 heteroatoms. The molecule has 0 aliphatic rings. The fraction of sp³-hybridized carbons (Fsp3) is 0.188. The summed E-state index contributed by atoms with van der Waals surface area (Å²) in [7, 11) is 1.78. The van der Waals surface area contributed by atoms with Gasteiger partial charge in [0, 0.05) is 30.5 Å². The van der Waals surface area contributed by atoms with Crippen LogP contribution in [-0.2, 0) is 6.42 Å². The Kier molecular flexibility index (Phi) is 4.25. The highest BCUT2D eigenvalue weighted by atomic mass is 16.2. The van der Waals surface area contributed by atoms with Gasteiger partial charge in [-0.05, 0) is 30.2 Å². The summed E-state index contributed by atoms with van der Waals surface area (Å²) in [5.74, 6) is -0.0695. The fourth-order valence-electron chi connectivity index (χ4n) is 2.06. The molecule has 2 aromatic carbocycles. The second kappa shape index (κ2) is 6.10. The Morgan fingerprint density at radius 2 is 1.65 bits per heavy atom. The van der Waals surface area contributed by atoms with Crippen LogP contribution in [0.5, 0.6) is 0 Å². The molecule has 0 heterocycles. The Bertz CT molecular complexity index is 576. The van der Waals surface area contributed by atoms with Gasteiger partial charge in [0.25, 0.3) is 5.91 Å². The monoisotopic (exact) mass is 269 g/mol. The standard InChI is InChI=1S/C16H19N3O/c1-19(8-7-12-5-3-2-4-6-12)16(20)13-9-14(17)11-15(18)10-13/h2-6,9-11H,7-8,17-18H2,1H3. The molecule has 104 valence electrons. The predicted octanol–water partition coefficient (Wildman–Crippen LogP) is 2.17. The van der Waals surface area contributed by atoms with Crippen molar-refractivity contribution in [3.63, 3.8) is 0 Å². The van der Waals surface area contributed by atoms with Crippen molar-refractivity contribution in [2.24, 2.45) is 0 Å². The number of anilines is 2. The summed E-state index contributed by atoms with van der Waals surface area (Å²) in [4.78, 5) is 14.0. The van der Waals surface area contributed by atoms with Crippen LogP contribution in [0.2, 0.25) is 0 Å². The molecule has 4 N–H and O–H groups in total. The van der Waals surface area contributed by atoms with E-state index in [1.54, 1.807) is 30.1 Å². The zero-order chi connectivity index (χ0) is 14.5. The van der Waals surface area contributed by atoms with Crippen LogP contribution in [0, 0.1) is 0 Å². The molecule has 0 fully saturated rings. The minimum atomic E-state index is -0.0695. The van der Waals surface area contributed by atoms with Crippen molar-refractivity contribution in [3.8, 4) is 0 Å². The van der Waals surface area contributed by atoms with Crippen LogP contribution < -0.4 is 11.5 Å². The number of hydrogen-bond donors (Lipinski definition) is 2. The van der Waals surface area contributed by atoms with Crippen LogP contribution in [0.4, 0.5) is 11.4 Å². The summed E-state index contributed by atoms with van der Waals surface area (Å²) >= 11 is 0. The molecule has 0 saturated carbocycles. The van der Waals surface area contributed by atoms with Crippen LogP contribution in [0.1, 0.15) is 15.9 Å². The van der Waals surface area contributed by atoms with Gasteiger partial charge in [-0.1, -0.05) is 30.3 Å². The van der Waals surface area contributed by atoms with E-state index >= 15 is 0 Å². The third-order valence-corrected chi connectivity index (χ3v) is 3.15. The molecule has 0 aliphatic carbocycles. The average Bonchev–Trinajstić information content (AvgIpc) is 2.44. The molecule has 0 atom stereocenters. The van der Waals surface area contributed by atoms with Gasteiger partial charge in [0.2, 0.25) is 0 Å². The maximum absolute atomic E-state index is 12.3. The van der Waals surface area contributed by atoms with Gasteiger partial charge in [0.05, 0.1) is 0 Å². The van der Waals surface area contributed by atoms with E-state index in [9.17, 15) is 4.79 Å². The molecule has 0 aromatic heterocycles. The van der Waals surface area contributed by atoms with Crippen molar-refractivity contribution in [2.45, 2.75) is 6.42 Å². The van der Waals surface area contributed by atoms with E-state index in [4.69, 9.17) is 11.5 Å². The molecule has 0 aliphatic heterocycles. The Morgan fingerprint density at radius 3 is 2.25 bits per heavy atom. The number of carbonyl (C=O) groups excluding carboxylic acids is 1. The second-order valence-electron chi connectivity index (χ2n) is 4.85. The van der Waals surface area contributed by atoms with Crippen LogP contribution in [0.3, 0.4) is 0 Å². The fourth-order valence-corrected chi connectivity index (χ4v) is 2.06. The molecular weight excluding hydrogens is 250 g/mol. The average molecular weight is 269 g/mol. The lowest BCUT2D eigenvalue weighted by Crippen LogP contribution is -2.29. The number of nitrogens with two attached hydrogens (primary N) is 2. The first-order valence-corrected chi connectivity index (χ1v) is 6.51. The first-order valence-electron chi connectivity index (χ1n) is 6.51. The van der Waals surface area contributed by atoms with Crippen LogP contribution in [0.15, 0.2) is 48.5 Å². The summed E-state index contributed by atoms with van der Waals surface area (Å²) in [6.07, 6.45) is 0.820. The summed E-state index contributed by atoms with van der Waals surface area (Å²) in [5, 5.41) is 0. The highest BCUT2D eigenvalue weighted by Crippen LogP contribution is 2.15. The molecular formula is C16H19N3O. The lowest BCUT2D eigenvalue weighted by atomic mass is 10.1. The number of hydrogen-bond acceptors (Lipinski definition) is 3. The van der Waals surface area contributed by atoms with Crippen LogP contribution in [-0.4, -0.2) is 24.4 Å². The first kappa shape index (κ1) is 13.9. The first-order chi connectivity index (χ1) is 9.56. The molecule has 0 radical (unpaired) electrons. The summed E-state index contributed by atoms with van der Waals surface area (Å²) in [6, 6.07) is 15.0. The van der Waals surface area contributed by atoms with Gasteiger partial charge in [-0.15, -0.1) is 0 Å². The van der Waals surface area contributed by atoms with Crippen molar-refractivity contribution >= 4 is 17.3 Å². The minimum absolute atomic E-state index is 0.0695. The SMILES string of the molecule is CN(CCc1ccccc1)C(=O)c1cc(N)cc(N)c1. The van der Waals surface area contributed by atoms with E-state index in [1.165, 1.54) is 5.56 Å². The second-order valence-corrected chi connectivity index (χ2v) is 4.85. The quantitative estimate of drug-likeness (QED) is 0.835.